The Morgan fingerprint density at radius 2 is 2.00 bits per heavy atom. The highest BCUT2D eigenvalue weighted by Crippen LogP contribution is 2.26. The first-order valence-electron chi connectivity index (χ1n) is 6.68. The van der Waals surface area contributed by atoms with Gasteiger partial charge in [0.15, 0.2) is 0 Å². The molecule has 1 aromatic rings. The fourth-order valence-corrected chi connectivity index (χ4v) is 2.42. The van der Waals surface area contributed by atoms with Gasteiger partial charge in [0, 0.05) is 5.69 Å². The molecule has 1 saturated carbocycles. The molecule has 98 valence electrons. The molecule has 0 heterocycles. The second kappa shape index (κ2) is 5.89. The lowest BCUT2D eigenvalue weighted by Crippen LogP contribution is -2.27. The molecule has 0 saturated heterocycles. The van der Waals surface area contributed by atoms with Crippen molar-refractivity contribution in [3.8, 4) is 0 Å². The number of nitrogens with one attached hydrogen (secondary N) is 1. The third kappa shape index (κ3) is 3.76. The van der Waals surface area contributed by atoms with Crippen LogP contribution in [0, 0.1) is 12.8 Å². The highest BCUT2D eigenvalue weighted by molar-refractivity contribution is 5.84. The number of rotatable bonds is 2. The maximum absolute atomic E-state index is 11.7. The molecule has 3 nitrogen and oxygen atoms in total. The van der Waals surface area contributed by atoms with Crippen molar-refractivity contribution in [2.45, 2.75) is 45.6 Å². The van der Waals surface area contributed by atoms with Crippen molar-refractivity contribution in [1.29, 1.82) is 0 Å². The van der Waals surface area contributed by atoms with Crippen LogP contribution in [0.2, 0.25) is 0 Å². The van der Waals surface area contributed by atoms with Gasteiger partial charge in [-0.25, -0.2) is 4.79 Å². The number of benzene rings is 1. The van der Waals surface area contributed by atoms with Gasteiger partial charge in [0.05, 0.1) is 0 Å². The molecule has 0 radical (unpaired) electrons. The van der Waals surface area contributed by atoms with E-state index in [4.69, 9.17) is 4.74 Å². The summed E-state index contributed by atoms with van der Waals surface area (Å²) in [4.78, 5) is 11.7. The Kier molecular flexibility index (Phi) is 4.24. The summed E-state index contributed by atoms with van der Waals surface area (Å²) < 4.78 is 5.45. The molecule has 1 N–H and O–H groups in total. The lowest BCUT2D eigenvalue weighted by molar-refractivity contribution is 0.0724. The zero-order chi connectivity index (χ0) is 13.0. The van der Waals surface area contributed by atoms with Crippen molar-refractivity contribution in [1.82, 2.24) is 0 Å². The van der Waals surface area contributed by atoms with E-state index in [2.05, 4.69) is 12.2 Å². The predicted octanol–water partition coefficient (Wildman–Crippen LogP) is 4.12. The van der Waals surface area contributed by atoms with Crippen molar-refractivity contribution in [2.24, 2.45) is 5.92 Å². The summed E-state index contributed by atoms with van der Waals surface area (Å²) in [5.41, 5.74) is 1.96. The van der Waals surface area contributed by atoms with Gasteiger partial charge in [-0.2, -0.15) is 0 Å². The maximum Gasteiger partial charge on any atom is 0.411 e. The van der Waals surface area contributed by atoms with E-state index in [-0.39, 0.29) is 12.2 Å². The summed E-state index contributed by atoms with van der Waals surface area (Å²) in [7, 11) is 0. The van der Waals surface area contributed by atoms with Gasteiger partial charge in [0.2, 0.25) is 0 Å². The highest BCUT2D eigenvalue weighted by Gasteiger charge is 2.22. The van der Waals surface area contributed by atoms with E-state index in [0.717, 1.165) is 24.9 Å². The zero-order valence-electron chi connectivity index (χ0n) is 11.1. The van der Waals surface area contributed by atoms with Crippen molar-refractivity contribution in [3.05, 3.63) is 29.8 Å². The van der Waals surface area contributed by atoms with E-state index in [1.807, 2.05) is 31.2 Å². The van der Waals surface area contributed by atoms with E-state index < -0.39 is 0 Å². The molecule has 1 amide bonds. The number of amides is 1. The monoisotopic (exact) mass is 247 g/mol. The van der Waals surface area contributed by atoms with Crippen LogP contribution in [0.5, 0.6) is 0 Å². The molecule has 0 bridgehead atoms. The van der Waals surface area contributed by atoms with E-state index >= 15 is 0 Å². The van der Waals surface area contributed by atoms with Crippen LogP contribution in [0.3, 0.4) is 0 Å². The second-order valence-electron chi connectivity index (χ2n) is 5.29. The van der Waals surface area contributed by atoms with Crippen molar-refractivity contribution in [2.75, 3.05) is 5.32 Å². The molecule has 2 atom stereocenters. The molecule has 0 aromatic heterocycles. The Hall–Kier alpha value is -1.51. The summed E-state index contributed by atoms with van der Waals surface area (Å²) in [6.45, 7) is 4.24. The summed E-state index contributed by atoms with van der Waals surface area (Å²) >= 11 is 0. The average Bonchev–Trinajstić information content (AvgIpc) is 2.32. The molecule has 2 rings (SSSR count). The molecular weight excluding hydrogens is 226 g/mol. The average molecular weight is 247 g/mol. The fraction of sp³-hybridized carbons (Fsp3) is 0.533. The summed E-state index contributed by atoms with van der Waals surface area (Å²) in [6, 6.07) is 7.72. The number of carbonyl (C=O) groups excluding carboxylic acids is 1. The molecule has 1 aromatic carbocycles. The summed E-state index contributed by atoms with van der Waals surface area (Å²) in [5.74, 6) is 0.663. The fourth-order valence-electron chi connectivity index (χ4n) is 2.42. The van der Waals surface area contributed by atoms with Gasteiger partial charge in [0.1, 0.15) is 6.10 Å². The first kappa shape index (κ1) is 12.9. The van der Waals surface area contributed by atoms with Crippen LogP contribution in [0.1, 0.15) is 38.2 Å². The standard InChI is InChI=1S/C15H21NO2/c1-11-6-8-13(9-7-11)16-15(17)18-14-5-3-4-12(2)10-14/h6-9,12,14H,3-5,10H2,1-2H3,(H,16,17). The quantitative estimate of drug-likeness (QED) is 0.853. The number of anilines is 1. The minimum atomic E-state index is -0.335. The van der Waals surface area contributed by atoms with E-state index in [1.54, 1.807) is 0 Å². The molecule has 3 heteroatoms. The largest absolute Gasteiger partial charge is 0.446 e. The lowest BCUT2D eigenvalue weighted by atomic mass is 9.89. The molecule has 0 aliphatic heterocycles. The Labute approximate surface area is 109 Å². The normalized spacial score (nSPS) is 23.4. The van der Waals surface area contributed by atoms with Gasteiger partial charge in [-0.05, 0) is 44.2 Å². The predicted molar refractivity (Wildman–Crippen MR) is 72.7 cm³/mol. The SMILES string of the molecule is Cc1ccc(NC(=O)OC2CCCC(C)C2)cc1. The maximum atomic E-state index is 11.7. The van der Waals surface area contributed by atoms with Crippen molar-refractivity contribution < 1.29 is 9.53 Å². The minimum Gasteiger partial charge on any atom is -0.446 e. The minimum absolute atomic E-state index is 0.0826. The van der Waals surface area contributed by atoms with E-state index in [0.29, 0.717) is 5.92 Å². The third-order valence-corrected chi connectivity index (χ3v) is 3.46. The van der Waals surface area contributed by atoms with Gasteiger partial charge in [0.25, 0.3) is 0 Å². The summed E-state index contributed by atoms with van der Waals surface area (Å²) in [5, 5.41) is 2.77. The number of aryl methyl sites for hydroxylation is 1. The van der Waals surface area contributed by atoms with Crippen LogP contribution in [-0.4, -0.2) is 12.2 Å². The van der Waals surface area contributed by atoms with Crippen LogP contribution in [0.25, 0.3) is 0 Å². The summed E-state index contributed by atoms with van der Waals surface area (Å²) in [6.07, 6.45) is 4.13. The first-order valence-corrected chi connectivity index (χ1v) is 6.68. The molecule has 2 unspecified atom stereocenters. The smallest absolute Gasteiger partial charge is 0.411 e. The van der Waals surface area contributed by atoms with Crippen LogP contribution >= 0.6 is 0 Å². The van der Waals surface area contributed by atoms with Crippen LogP contribution in [0.4, 0.5) is 10.5 Å². The topological polar surface area (TPSA) is 38.3 Å². The number of hydrogen-bond donors (Lipinski definition) is 1. The highest BCUT2D eigenvalue weighted by atomic mass is 16.6. The van der Waals surface area contributed by atoms with Crippen LogP contribution in [0.15, 0.2) is 24.3 Å². The second-order valence-corrected chi connectivity index (χ2v) is 5.29. The van der Waals surface area contributed by atoms with Gasteiger partial charge >= 0.3 is 6.09 Å². The lowest BCUT2D eigenvalue weighted by Gasteiger charge is -2.26. The van der Waals surface area contributed by atoms with E-state index in [9.17, 15) is 4.79 Å². The Bertz CT molecular complexity index is 399. The number of ether oxygens (including phenoxy) is 1. The number of hydrogen-bond acceptors (Lipinski definition) is 2. The molecule has 1 fully saturated rings. The first-order chi connectivity index (χ1) is 8.63. The number of carbonyl (C=O) groups is 1. The Morgan fingerprint density at radius 1 is 1.28 bits per heavy atom. The zero-order valence-corrected chi connectivity index (χ0v) is 11.1. The Balaban J connectivity index is 1.83. The van der Waals surface area contributed by atoms with Gasteiger partial charge in [-0.1, -0.05) is 31.0 Å². The van der Waals surface area contributed by atoms with Crippen LogP contribution in [-0.2, 0) is 4.74 Å². The van der Waals surface area contributed by atoms with Gasteiger partial charge in [-0.15, -0.1) is 0 Å². The molecule has 0 spiro atoms. The van der Waals surface area contributed by atoms with Crippen molar-refractivity contribution in [3.63, 3.8) is 0 Å². The molecule has 1 aliphatic carbocycles. The van der Waals surface area contributed by atoms with Crippen LogP contribution < -0.4 is 5.32 Å². The van der Waals surface area contributed by atoms with Gasteiger partial charge in [-0.3, -0.25) is 5.32 Å². The molecule has 18 heavy (non-hydrogen) atoms. The third-order valence-electron chi connectivity index (χ3n) is 3.46. The molecule has 1 aliphatic rings. The van der Waals surface area contributed by atoms with Gasteiger partial charge < -0.3 is 4.74 Å². The molecular formula is C15H21NO2. The van der Waals surface area contributed by atoms with E-state index in [1.165, 1.54) is 12.0 Å². The Morgan fingerprint density at radius 3 is 2.67 bits per heavy atom. The van der Waals surface area contributed by atoms with Crippen molar-refractivity contribution >= 4 is 11.8 Å².